The van der Waals surface area contributed by atoms with E-state index in [-0.39, 0.29) is 11.7 Å². The molecule has 154 valence electrons. The first-order chi connectivity index (χ1) is 14.1. The number of carbonyl (C=O) groups is 1. The fraction of sp³-hybridized carbons (Fsp3) is 0.458. The van der Waals surface area contributed by atoms with E-state index >= 15 is 0 Å². The minimum absolute atomic E-state index is 0.0592. The molecule has 0 saturated carbocycles. The SMILES string of the molecule is CNC(=O)Cc1ccc2c(c1)N(C1CCN(CCc3ccc(F)cc3)CC1)CC2. The number of piperidine rings is 1. The minimum Gasteiger partial charge on any atom is -0.368 e. The van der Waals surface area contributed by atoms with E-state index in [9.17, 15) is 9.18 Å². The Morgan fingerprint density at radius 3 is 2.52 bits per heavy atom. The predicted octanol–water partition coefficient (Wildman–Crippen LogP) is 3.18. The Labute approximate surface area is 172 Å². The summed E-state index contributed by atoms with van der Waals surface area (Å²) in [5.74, 6) is -0.108. The van der Waals surface area contributed by atoms with Crippen LogP contribution in [0.2, 0.25) is 0 Å². The number of likely N-dealkylation sites (tertiary alicyclic amines) is 1. The van der Waals surface area contributed by atoms with Gasteiger partial charge in [-0.15, -0.1) is 0 Å². The predicted molar refractivity (Wildman–Crippen MR) is 115 cm³/mol. The van der Waals surface area contributed by atoms with Crippen LogP contribution in [0.25, 0.3) is 0 Å². The molecule has 1 N–H and O–H groups in total. The molecule has 0 spiro atoms. The van der Waals surface area contributed by atoms with Crippen LogP contribution in [0.4, 0.5) is 10.1 Å². The molecule has 0 unspecified atom stereocenters. The monoisotopic (exact) mass is 395 g/mol. The molecule has 0 aromatic heterocycles. The van der Waals surface area contributed by atoms with Crippen molar-refractivity contribution in [1.82, 2.24) is 10.2 Å². The van der Waals surface area contributed by atoms with Gasteiger partial charge in [-0.25, -0.2) is 4.39 Å². The molecule has 1 fully saturated rings. The first-order valence-electron chi connectivity index (χ1n) is 10.7. The highest BCUT2D eigenvalue weighted by molar-refractivity contribution is 5.79. The van der Waals surface area contributed by atoms with E-state index in [2.05, 4.69) is 33.3 Å². The van der Waals surface area contributed by atoms with Gasteiger partial charge in [0, 0.05) is 45.0 Å². The lowest BCUT2D eigenvalue weighted by Crippen LogP contribution is -2.45. The first kappa shape index (κ1) is 19.9. The van der Waals surface area contributed by atoms with Gasteiger partial charge in [0.2, 0.25) is 5.91 Å². The zero-order valence-corrected chi connectivity index (χ0v) is 17.2. The summed E-state index contributed by atoms with van der Waals surface area (Å²) in [4.78, 5) is 16.8. The number of hydrogen-bond acceptors (Lipinski definition) is 3. The van der Waals surface area contributed by atoms with E-state index < -0.39 is 0 Å². The maximum Gasteiger partial charge on any atom is 0.224 e. The van der Waals surface area contributed by atoms with Gasteiger partial charge in [-0.05, 0) is 60.6 Å². The number of likely N-dealkylation sites (N-methyl/N-ethyl adjacent to an activating group) is 1. The molecule has 0 radical (unpaired) electrons. The molecule has 2 aromatic rings. The van der Waals surface area contributed by atoms with Crippen molar-refractivity contribution in [3.05, 3.63) is 65.0 Å². The smallest absolute Gasteiger partial charge is 0.224 e. The number of rotatable bonds is 6. The minimum atomic E-state index is -0.168. The lowest BCUT2D eigenvalue weighted by molar-refractivity contribution is -0.119. The van der Waals surface area contributed by atoms with Crippen molar-refractivity contribution < 1.29 is 9.18 Å². The Bertz CT molecular complexity index is 844. The summed E-state index contributed by atoms with van der Waals surface area (Å²) in [7, 11) is 1.69. The largest absolute Gasteiger partial charge is 0.368 e. The quantitative estimate of drug-likeness (QED) is 0.816. The van der Waals surface area contributed by atoms with Gasteiger partial charge in [0.1, 0.15) is 5.82 Å². The molecule has 1 amide bonds. The Morgan fingerprint density at radius 1 is 1.07 bits per heavy atom. The highest BCUT2D eigenvalue weighted by Crippen LogP contribution is 2.33. The summed E-state index contributed by atoms with van der Waals surface area (Å²) in [5, 5.41) is 2.71. The van der Waals surface area contributed by atoms with Crippen molar-refractivity contribution >= 4 is 11.6 Å². The van der Waals surface area contributed by atoms with Gasteiger partial charge in [-0.3, -0.25) is 4.79 Å². The first-order valence-corrected chi connectivity index (χ1v) is 10.7. The summed E-state index contributed by atoms with van der Waals surface area (Å²) in [6.45, 7) is 4.33. The van der Waals surface area contributed by atoms with Crippen LogP contribution in [0, 0.1) is 5.82 Å². The number of nitrogens with zero attached hydrogens (tertiary/aromatic N) is 2. The maximum atomic E-state index is 13.0. The number of anilines is 1. The summed E-state index contributed by atoms with van der Waals surface area (Å²) < 4.78 is 13.0. The second-order valence-corrected chi connectivity index (χ2v) is 8.21. The van der Waals surface area contributed by atoms with Crippen LogP contribution in [0.15, 0.2) is 42.5 Å². The lowest BCUT2D eigenvalue weighted by atomic mass is 10.0. The standard InChI is InChI=1S/C24H30FN3O/c1-26-24(29)17-19-2-5-20-9-15-28(23(20)16-19)22-10-13-27(14-11-22)12-8-18-3-6-21(25)7-4-18/h2-7,16,22H,8-15,17H2,1H3,(H,26,29). The molecule has 0 aliphatic carbocycles. The van der Waals surface area contributed by atoms with Crippen LogP contribution in [0.3, 0.4) is 0 Å². The van der Waals surface area contributed by atoms with Gasteiger partial charge in [-0.2, -0.15) is 0 Å². The molecule has 0 bridgehead atoms. The van der Waals surface area contributed by atoms with Crippen LogP contribution in [0.5, 0.6) is 0 Å². The van der Waals surface area contributed by atoms with Crippen LogP contribution in [0.1, 0.15) is 29.5 Å². The van der Waals surface area contributed by atoms with Crippen molar-refractivity contribution in [3.63, 3.8) is 0 Å². The van der Waals surface area contributed by atoms with Crippen LogP contribution >= 0.6 is 0 Å². The molecule has 1 saturated heterocycles. The van der Waals surface area contributed by atoms with E-state index in [4.69, 9.17) is 0 Å². The maximum absolute atomic E-state index is 13.0. The molecule has 2 aliphatic heterocycles. The van der Waals surface area contributed by atoms with E-state index in [1.54, 1.807) is 19.2 Å². The molecule has 5 heteroatoms. The second kappa shape index (κ2) is 8.95. The van der Waals surface area contributed by atoms with Crippen molar-refractivity contribution in [3.8, 4) is 0 Å². The van der Waals surface area contributed by atoms with Crippen molar-refractivity contribution in [2.24, 2.45) is 0 Å². The normalized spacial score (nSPS) is 17.4. The number of fused-ring (bicyclic) bond motifs is 1. The number of halogens is 1. The van der Waals surface area contributed by atoms with Gasteiger partial charge in [-0.1, -0.05) is 24.3 Å². The third-order valence-corrected chi connectivity index (χ3v) is 6.35. The Hall–Kier alpha value is -2.40. The third kappa shape index (κ3) is 4.78. The molecule has 29 heavy (non-hydrogen) atoms. The molecule has 2 heterocycles. The van der Waals surface area contributed by atoms with Crippen molar-refractivity contribution in [2.75, 3.05) is 38.1 Å². The zero-order valence-electron chi connectivity index (χ0n) is 17.2. The number of nitrogens with one attached hydrogen (secondary N) is 1. The summed E-state index contributed by atoms with van der Waals surface area (Å²) in [6.07, 6.45) is 4.85. The van der Waals surface area contributed by atoms with Crippen LogP contribution in [-0.4, -0.2) is 50.1 Å². The third-order valence-electron chi connectivity index (χ3n) is 6.35. The number of hydrogen-bond donors (Lipinski definition) is 1. The highest BCUT2D eigenvalue weighted by Gasteiger charge is 2.29. The van der Waals surface area contributed by atoms with Crippen LogP contribution < -0.4 is 10.2 Å². The fourth-order valence-electron chi connectivity index (χ4n) is 4.61. The van der Waals surface area contributed by atoms with E-state index in [0.717, 1.165) is 44.6 Å². The van der Waals surface area contributed by atoms with Crippen LogP contribution in [-0.2, 0) is 24.1 Å². The Morgan fingerprint density at radius 2 is 1.79 bits per heavy atom. The summed E-state index contributed by atoms with van der Waals surface area (Å²) in [6, 6.07) is 14.0. The number of carbonyl (C=O) groups excluding carboxylic acids is 1. The molecular formula is C24H30FN3O. The molecule has 2 aromatic carbocycles. The van der Waals surface area contributed by atoms with Gasteiger partial charge < -0.3 is 15.1 Å². The number of amides is 1. The topological polar surface area (TPSA) is 35.6 Å². The average molecular weight is 396 g/mol. The lowest BCUT2D eigenvalue weighted by Gasteiger charge is -2.38. The fourth-order valence-corrected chi connectivity index (χ4v) is 4.61. The van der Waals surface area contributed by atoms with Gasteiger partial charge in [0.15, 0.2) is 0 Å². The molecule has 4 nitrogen and oxygen atoms in total. The summed E-state index contributed by atoms with van der Waals surface area (Å²) in [5.41, 5.74) is 5.03. The van der Waals surface area contributed by atoms with E-state index in [1.165, 1.54) is 29.7 Å². The van der Waals surface area contributed by atoms with Crippen molar-refractivity contribution in [1.29, 1.82) is 0 Å². The second-order valence-electron chi connectivity index (χ2n) is 8.21. The zero-order chi connectivity index (χ0) is 20.2. The Balaban J connectivity index is 1.32. The van der Waals surface area contributed by atoms with Gasteiger partial charge in [0.25, 0.3) is 0 Å². The molecular weight excluding hydrogens is 365 g/mol. The molecule has 0 atom stereocenters. The van der Waals surface area contributed by atoms with Crippen molar-refractivity contribution in [2.45, 2.75) is 38.1 Å². The van der Waals surface area contributed by atoms with E-state index in [1.807, 2.05) is 12.1 Å². The summed E-state index contributed by atoms with van der Waals surface area (Å²) >= 11 is 0. The molecule has 2 aliphatic rings. The highest BCUT2D eigenvalue weighted by atomic mass is 19.1. The number of benzene rings is 2. The van der Waals surface area contributed by atoms with Gasteiger partial charge in [0.05, 0.1) is 6.42 Å². The average Bonchev–Trinajstić information content (AvgIpc) is 3.17. The molecule has 4 rings (SSSR count). The van der Waals surface area contributed by atoms with E-state index in [0.29, 0.717) is 12.5 Å². The Kier molecular flexibility index (Phi) is 6.14. The van der Waals surface area contributed by atoms with Gasteiger partial charge >= 0.3 is 0 Å².